The van der Waals surface area contributed by atoms with E-state index in [2.05, 4.69) is 0 Å². The van der Waals surface area contributed by atoms with Crippen LogP contribution < -0.4 is 9.21 Å². The Hall–Kier alpha value is -2.38. The molecule has 2 aliphatic heterocycles. The molecule has 0 radical (unpaired) electrons. The van der Waals surface area contributed by atoms with Crippen molar-refractivity contribution in [1.29, 1.82) is 0 Å². The molecule has 7 heteroatoms. The predicted molar refractivity (Wildman–Crippen MR) is 98.6 cm³/mol. The first-order chi connectivity index (χ1) is 12.5. The molecule has 0 saturated carbocycles. The third-order valence-corrected chi connectivity index (χ3v) is 6.81. The van der Waals surface area contributed by atoms with Gasteiger partial charge in [0.2, 0.25) is 5.91 Å². The quantitative estimate of drug-likeness (QED) is 0.898. The average Bonchev–Trinajstić information content (AvgIpc) is 3.08. The molecular formula is C19H20N2O4S. The van der Waals surface area contributed by atoms with Gasteiger partial charge >= 0.3 is 0 Å². The Labute approximate surface area is 152 Å². The summed E-state index contributed by atoms with van der Waals surface area (Å²) in [6.45, 7) is 0.898. The van der Waals surface area contributed by atoms with Gasteiger partial charge in [0.25, 0.3) is 10.0 Å². The van der Waals surface area contributed by atoms with E-state index in [0.717, 1.165) is 12.1 Å². The molecule has 1 N–H and O–H groups in total. The van der Waals surface area contributed by atoms with Crippen LogP contribution in [0.5, 0.6) is 0 Å². The number of amides is 1. The first kappa shape index (κ1) is 17.1. The van der Waals surface area contributed by atoms with Gasteiger partial charge in [-0.1, -0.05) is 18.2 Å². The number of hydrogen-bond acceptors (Lipinski definition) is 4. The number of sulfonamides is 1. The largest absolute Gasteiger partial charge is 0.388 e. The molecular weight excluding hydrogens is 352 g/mol. The first-order valence-electron chi connectivity index (χ1n) is 8.68. The van der Waals surface area contributed by atoms with E-state index in [1.54, 1.807) is 53.4 Å². The molecule has 4 rings (SSSR count). The fourth-order valence-corrected chi connectivity index (χ4v) is 5.11. The van der Waals surface area contributed by atoms with Gasteiger partial charge < -0.3 is 10.0 Å². The van der Waals surface area contributed by atoms with Crippen molar-refractivity contribution >= 4 is 27.3 Å². The van der Waals surface area contributed by atoms with E-state index in [0.29, 0.717) is 30.6 Å². The maximum atomic E-state index is 13.1. The summed E-state index contributed by atoms with van der Waals surface area (Å²) in [6, 6.07) is 13.5. The summed E-state index contributed by atoms with van der Waals surface area (Å²) in [5, 5.41) is 10.1. The minimum Gasteiger partial charge on any atom is -0.388 e. The molecule has 2 aromatic rings. The van der Waals surface area contributed by atoms with Crippen LogP contribution in [0.15, 0.2) is 53.4 Å². The average molecular weight is 372 g/mol. The minimum absolute atomic E-state index is 0.0690. The Morgan fingerprint density at radius 1 is 1.00 bits per heavy atom. The highest BCUT2D eigenvalue weighted by molar-refractivity contribution is 7.92. The summed E-state index contributed by atoms with van der Waals surface area (Å²) in [5.41, 5.74) is 1.87. The molecule has 6 nitrogen and oxygen atoms in total. The molecule has 136 valence electrons. The van der Waals surface area contributed by atoms with Crippen LogP contribution in [-0.2, 0) is 14.8 Å². The van der Waals surface area contributed by atoms with Crippen molar-refractivity contribution in [2.75, 3.05) is 22.3 Å². The van der Waals surface area contributed by atoms with Crippen LogP contribution in [0.1, 0.15) is 30.9 Å². The molecule has 1 amide bonds. The number of carbonyl (C=O) groups is 1. The van der Waals surface area contributed by atoms with Crippen LogP contribution in [-0.4, -0.2) is 32.5 Å². The van der Waals surface area contributed by atoms with E-state index in [-0.39, 0.29) is 17.3 Å². The van der Waals surface area contributed by atoms with Crippen LogP contribution in [0, 0.1) is 0 Å². The van der Waals surface area contributed by atoms with E-state index >= 15 is 0 Å². The SMILES string of the molecule is O=C1CCCN1c1ccc(S(=O)(=O)N2CCC(O)c3ccccc32)cc1. The summed E-state index contributed by atoms with van der Waals surface area (Å²) < 4.78 is 27.6. The van der Waals surface area contributed by atoms with Crippen molar-refractivity contribution in [1.82, 2.24) is 0 Å². The highest BCUT2D eigenvalue weighted by Crippen LogP contribution is 2.37. The van der Waals surface area contributed by atoms with E-state index in [4.69, 9.17) is 0 Å². The molecule has 1 fully saturated rings. The predicted octanol–water partition coefficient (Wildman–Crippen LogP) is 2.45. The Morgan fingerprint density at radius 2 is 1.73 bits per heavy atom. The number of hydrogen-bond donors (Lipinski definition) is 1. The first-order valence-corrected chi connectivity index (χ1v) is 10.1. The molecule has 26 heavy (non-hydrogen) atoms. The molecule has 0 aromatic heterocycles. The van der Waals surface area contributed by atoms with Gasteiger partial charge in [-0.05, 0) is 43.2 Å². The zero-order valence-corrected chi connectivity index (χ0v) is 15.0. The van der Waals surface area contributed by atoms with Gasteiger partial charge in [-0.3, -0.25) is 9.10 Å². The van der Waals surface area contributed by atoms with Crippen molar-refractivity contribution in [3.63, 3.8) is 0 Å². The summed E-state index contributed by atoms with van der Waals surface area (Å²) in [6.07, 6.45) is 1.07. The number of para-hydroxylation sites is 1. The molecule has 2 aromatic carbocycles. The van der Waals surface area contributed by atoms with Crippen LogP contribution in [0.2, 0.25) is 0 Å². The summed E-state index contributed by atoms with van der Waals surface area (Å²) in [7, 11) is -3.73. The lowest BCUT2D eigenvalue weighted by atomic mass is 10.0. The smallest absolute Gasteiger partial charge is 0.264 e. The Morgan fingerprint density at radius 3 is 2.42 bits per heavy atom. The highest BCUT2D eigenvalue weighted by atomic mass is 32.2. The van der Waals surface area contributed by atoms with Crippen LogP contribution >= 0.6 is 0 Å². The molecule has 0 aliphatic carbocycles. The van der Waals surface area contributed by atoms with Crippen LogP contribution in [0.25, 0.3) is 0 Å². The molecule has 1 saturated heterocycles. The Balaban J connectivity index is 1.67. The summed E-state index contributed by atoms with van der Waals surface area (Å²) in [5.74, 6) is 0.0690. The number of benzene rings is 2. The number of carbonyl (C=O) groups excluding carboxylic acids is 1. The Kier molecular flexibility index (Phi) is 4.20. The molecule has 0 bridgehead atoms. The second-order valence-electron chi connectivity index (χ2n) is 6.58. The van der Waals surface area contributed by atoms with Gasteiger partial charge in [-0.15, -0.1) is 0 Å². The van der Waals surface area contributed by atoms with E-state index in [1.165, 1.54) is 4.31 Å². The summed E-state index contributed by atoms with van der Waals surface area (Å²) >= 11 is 0. The molecule has 1 atom stereocenters. The third kappa shape index (κ3) is 2.77. The zero-order valence-electron chi connectivity index (χ0n) is 14.2. The van der Waals surface area contributed by atoms with Gasteiger partial charge in [0.05, 0.1) is 16.7 Å². The van der Waals surface area contributed by atoms with Crippen molar-refractivity contribution < 1.29 is 18.3 Å². The number of fused-ring (bicyclic) bond motifs is 1. The maximum absolute atomic E-state index is 13.1. The zero-order chi connectivity index (χ0) is 18.3. The van der Waals surface area contributed by atoms with Crippen molar-refractivity contribution in [2.45, 2.75) is 30.3 Å². The fourth-order valence-electron chi connectivity index (χ4n) is 3.61. The monoisotopic (exact) mass is 372 g/mol. The standard InChI is InChI=1S/C19H20N2O4S/c22-18-11-13-21(17-5-2-1-4-16(17)18)26(24,25)15-9-7-14(8-10-15)20-12-3-6-19(20)23/h1-2,4-5,7-10,18,22H,3,6,11-13H2. The Bertz CT molecular complexity index is 940. The van der Waals surface area contributed by atoms with Gasteiger partial charge in [0.15, 0.2) is 0 Å². The number of aliphatic hydroxyl groups is 1. The minimum atomic E-state index is -3.73. The maximum Gasteiger partial charge on any atom is 0.264 e. The van der Waals surface area contributed by atoms with E-state index in [9.17, 15) is 18.3 Å². The molecule has 1 unspecified atom stereocenters. The van der Waals surface area contributed by atoms with Crippen LogP contribution in [0.3, 0.4) is 0 Å². The topological polar surface area (TPSA) is 77.9 Å². The lowest BCUT2D eigenvalue weighted by Crippen LogP contribution is -2.36. The highest BCUT2D eigenvalue weighted by Gasteiger charge is 2.32. The second-order valence-corrected chi connectivity index (χ2v) is 8.45. The van der Waals surface area contributed by atoms with Gasteiger partial charge in [0, 0.05) is 30.8 Å². The van der Waals surface area contributed by atoms with Crippen molar-refractivity contribution in [3.8, 4) is 0 Å². The van der Waals surface area contributed by atoms with Crippen molar-refractivity contribution in [2.24, 2.45) is 0 Å². The molecule has 2 heterocycles. The lowest BCUT2D eigenvalue weighted by Gasteiger charge is -2.33. The molecule has 0 spiro atoms. The van der Waals surface area contributed by atoms with E-state index < -0.39 is 16.1 Å². The molecule has 2 aliphatic rings. The second kappa shape index (κ2) is 6.41. The number of rotatable bonds is 3. The van der Waals surface area contributed by atoms with Gasteiger partial charge in [-0.25, -0.2) is 8.42 Å². The lowest BCUT2D eigenvalue weighted by molar-refractivity contribution is -0.117. The number of nitrogens with zero attached hydrogens (tertiary/aromatic N) is 2. The number of aliphatic hydroxyl groups excluding tert-OH is 1. The third-order valence-electron chi connectivity index (χ3n) is 4.98. The normalized spacial score (nSPS) is 20.3. The summed E-state index contributed by atoms with van der Waals surface area (Å²) in [4.78, 5) is 13.7. The van der Waals surface area contributed by atoms with Crippen molar-refractivity contribution in [3.05, 3.63) is 54.1 Å². The van der Waals surface area contributed by atoms with Gasteiger partial charge in [-0.2, -0.15) is 0 Å². The van der Waals surface area contributed by atoms with Crippen LogP contribution in [0.4, 0.5) is 11.4 Å². The van der Waals surface area contributed by atoms with E-state index in [1.807, 2.05) is 0 Å². The fraction of sp³-hybridized carbons (Fsp3) is 0.316. The number of anilines is 2. The van der Waals surface area contributed by atoms with Gasteiger partial charge in [0.1, 0.15) is 0 Å².